The highest BCUT2D eigenvalue weighted by Crippen LogP contribution is 2.17. The molecule has 1 aromatic rings. The monoisotopic (exact) mass is 264 g/mol. The van der Waals surface area contributed by atoms with Crippen molar-refractivity contribution >= 4 is 6.09 Å². The molecule has 0 bridgehead atoms. The molecule has 0 unspecified atom stereocenters. The van der Waals surface area contributed by atoms with E-state index in [1.807, 2.05) is 18.2 Å². The molecule has 3 N–H and O–H groups in total. The highest BCUT2D eigenvalue weighted by molar-refractivity contribution is 5.65. The van der Waals surface area contributed by atoms with E-state index in [-0.39, 0.29) is 12.5 Å². The molecule has 2 rings (SSSR count). The maximum atomic E-state index is 10.8. The lowest BCUT2D eigenvalue weighted by Gasteiger charge is -2.34. The topological polar surface area (TPSA) is 72.8 Å². The van der Waals surface area contributed by atoms with Crippen LogP contribution in [0.5, 0.6) is 0 Å². The summed E-state index contributed by atoms with van der Waals surface area (Å²) in [6, 6.07) is 10.1. The van der Waals surface area contributed by atoms with Crippen LogP contribution in [0.15, 0.2) is 30.3 Å². The number of nitrogens with zero attached hydrogens (tertiary/aromatic N) is 1. The molecule has 5 heteroatoms. The summed E-state index contributed by atoms with van der Waals surface area (Å²) >= 11 is 0. The van der Waals surface area contributed by atoms with Crippen LogP contribution >= 0.6 is 0 Å². The fourth-order valence-corrected chi connectivity index (χ4v) is 2.39. The second kappa shape index (κ2) is 6.54. The van der Waals surface area contributed by atoms with Crippen molar-refractivity contribution in [2.24, 2.45) is 5.92 Å². The smallest absolute Gasteiger partial charge is 0.407 e. The van der Waals surface area contributed by atoms with Gasteiger partial charge in [0, 0.05) is 25.6 Å². The first-order valence-electron chi connectivity index (χ1n) is 6.57. The molecule has 104 valence electrons. The number of β-amino-alcohol motifs (C(OH)–C–C–N with tert-alkyl or cyclic N) is 1. The van der Waals surface area contributed by atoms with E-state index in [1.54, 1.807) is 0 Å². The van der Waals surface area contributed by atoms with Gasteiger partial charge in [-0.25, -0.2) is 4.79 Å². The summed E-state index contributed by atoms with van der Waals surface area (Å²) in [5, 5.41) is 22.1. The zero-order valence-corrected chi connectivity index (χ0v) is 10.8. The van der Waals surface area contributed by atoms with E-state index >= 15 is 0 Å². The molecule has 1 heterocycles. The third kappa shape index (κ3) is 3.94. The normalized spacial score (nSPS) is 23.3. The van der Waals surface area contributed by atoms with Crippen LogP contribution in [0, 0.1) is 5.92 Å². The average Bonchev–Trinajstić information content (AvgIpc) is 2.41. The molecule has 0 aliphatic carbocycles. The molecule has 1 fully saturated rings. The molecule has 0 spiro atoms. The van der Waals surface area contributed by atoms with Crippen molar-refractivity contribution in [3.05, 3.63) is 35.9 Å². The number of carbonyl (C=O) groups is 1. The summed E-state index contributed by atoms with van der Waals surface area (Å²) in [5.74, 6) is 0.124. The minimum absolute atomic E-state index is 0.124. The van der Waals surface area contributed by atoms with Crippen molar-refractivity contribution < 1.29 is 15.0 Å². The summed E-state index contributed by atoms with van der Waals surface area (Å²) in [4.78, 5) is 12.1. The van der Waals surface area contributed by atoms with E-state index in [0.717, 1.165) is 6.54 Å². The Morgan fingerprint density at radius 3 is 2.74 bits per heavy atom. The maximum absolute atomic E-state index is 10.8. The fourth-order valence-electron chi connectivity index (χ4n) is 2.39. The first kappa shape index (κ1) is 13.8. The summed E-state index contributed by atoms with van der Waals surface area (Å²) < 4.78 is 0. The van der Waals surface area contributed by atoms with Gasteiger partial charge in [-0.1, -0.05) is 30.3 Å². The van der Waals surface area contributed by atoms with Crippen LogP contribution in [0.1, 0.15) is 12.0 Å². The Hall–Kier alpha value is -1.59. The third-order valence-electron chi connectivity index (χ3n) is 3.57. The Balaban J connectivity index is 1.74. The lowest BCUT2D eigenvalue weighted by molar-refractivity contribution is 0.0249. The van der Waals surface area contributed by atoms with Crippen LogP contribution in [-0.4, -0.2) is 46.9 Å². The lowest BCUT2D eigenvalue weighted by Crippen LogP contribution is -2.48. The van der Waals surface area contributed by atoms with E-state index in [9.17, 15) is 9.90 Å². The van der Waals surface area contributed by atoms with Gasteiger partial charge in [0.2, 0.25) is 0 Å². The molecule has 1 saturated heterocycles. The van der Waals surface area contributed by atoms with Gasteiger partial charge in [0.25, 0.3) is 0 Å². The molecule has 0 aromatic heterocycles. The van der Waals surface area contributed by atoms with Gasteiger partial charge in [-0.2, -0.15) is 0 Å². The van der Waals surface area contributed by atoms with Gasteiger partial charge in [-0.05, 0) is 12.0 Å². The van der Waals surface area contributed by atoms with Crippen LogP contribution in [0.3, 0.4) is 0 Å². The number of likely N-dealkylation sites (tertiary alicyclic amines) is 1. The first-order chi connectivity index (χ1) is 9.16. The molecular formula is C14H20N2O3. The number of benzene rings is 1. The van der Waals surface area contributed by atoms with Crippen molar-refractivity contribution in [1.82, 2.24) is 10.2 Å². The Bertz CT molecular complexity index is 410. The zero-order chi connectivity index (χ0) is 13.7. The molecule has 1 aliphatic heterocycles. The quantitative estimate of drug-likeness (QED) is 0.762. The van der Waals surface area contributed by atoms with Crippen molar-refractivity contribution in [3.8, 4) is 0 Å². The second-order valence-corrected chi connectivity index (χ2v) is 4.96. The Morgan fingerprint density at radius 1 is 1.37 bits per heavy atom. The van der Waals surface area contributed by atoms with E-state index in [2.05, 4.69) is 17.4 Å². The average molecular weight is 264 g/mol. The van der Waals surface area contributed by atoms with Gasteiger partial charge in [-0.15, -0.1) is 0 Å². The number of piperidine rings is 1. The number of hydrogen-bond acceptors (Lipinski definition) is 3. The Morgan fingerprint density at radius 2 is 2.11 bits per heavy atom. The van der Waals surface area contributed by atoms with Gasteiger partial charge in [-0.3, -0.25) is 0 Å². The number of hydrogen-bond donors (Lipinski definition) is 3. The minimum atomic E-state index is -0.949. The molecule has 1 aliphatic rings. The minimum Gasteiger partial charge on any atom is -0.465 e. The molecule has 1 aromatic carbocycles. The summed E-state index contributed by atoms with van der Waals surface area (Å²) in [6.45, 7) is 2.20. The van der Waals surface area contributed by atoms with E-state index in [1.165, 1.54) is 10.5 Å². The van der Waals surface area contributed by atoms with E-state index in [0.29, 0.717) is 19.5 Å². The molecule has 5 nitrogen and oxygen atoms in total. The predicted molar refractivity (Wildman–Crippen MR) is 71.9 cm³/mol. The summed E-state index contributed by atoms with van der Waals surface area (Å²) in [5.41, 5.74) is 1.21. The lowest BCUT2D eigenvalue weighted by atomic mass is 9.94. The molecule has 0 saturated carbocycles. The van der Waals surface area contributed by atoms with Crippen LogP contribution in [0.25, 0.3) is 0 Å². The molecular weight excluding hydrogens is 244 g/mol. The highest BCUT2D eigenvalue weighted by atomic mass is 16.4. The Labute approximate surface area is 112 Å². The second-order valence-electron chi connectivity index (χ2n) is 4.96. The highest BCUT2D eigenvalue weighted by Gasteiger charge is 2.29. The SMILES string of the molecule is O=C(O)N1CC[C@H](CNCc2ccccc2)[C@@H](O)C1. The van der Waals surface area contributed by atoms with Gasteiger partial charge >= 0.3 is 6.09 Å². The number of rotatable bonds is 4. The van der Waals surface area contributed by atoms with Gasteiger partial charge < -0.3 is 20.4 Å². The number of aliphatic hydroxyl groups is 1. The number of amides is 1. The number of nitrogens with one attached hydrogen (secondary N) is 1. The molecule has 19 heavy (non-hydrogen) atoms. The summed E-state index contributed by atoms with van der Waals surface area (Å²) in [7, 11) is 0. The first-order valence-corrected chi connectivity index (χ1v) is 6.57. The van der Waals surface area contributed by atoms with Gasteiger partial charge in [0.15, 0.2) is 0 Å². The number of carboxylic acid groups (broad SMARTS) is 1. The Kier molecular flexibility index (Phi) is 4.76. The predicted octanol–water partition coefficient (Wildman–Crippen LogP) is 1.14. The molecule has 1 amide bonds. The zero-order valence-electron chi connectivity index (χ0n) is 10.8. The standard InChI is InChI=1S/C14H20N2O3/c17-13-10-16(14(18)19)7-6-12(13)9-15-8-11-4-2-1-3-5-11/h1-5,12-13,15,17H,6-10H2,(H,18,19)/t12-,13+/m1/s1. The largest absolute Gasteiger partial charge is 0.465 e. The molecule has 0 radical (unpaired) electrons. The molecule has 2 atom stereocenters. The van der Waals surface area contributed by atoms with Crippen molar-refractivity contribution in [3.63, 3.8) is 0 Å². The van der Waals surface area contributed by atoms with Crippen molar-refractivity contribution in [2.45, 2.75) is 19.1 Å². The van der Waals surface area contributed by atoms with Gasteiger partial charge in [0.05, 0.1) is 12.6 Å². The fraction of sp³-hybridized carbons (Fsp3) is 0.500. The van der Waals surface area contributed by atoms with Crippen molar-refractivity contribution in [2.75, 3.05) is 19.6 Å². The van der Waals surface area contributed by atoms with E-state index < -0.39 is 12.2 Å². The van der Waals surface area contributed by atoms with Crippen LogP contribution in [0.4, 0.5) is 4.79 Å². The van der Waals surface area contributed by atoms with Crippen LogP contribution in [0.2, 0.25) is 0 Å². The van der Waals surface area contributed by atoms with Crippen LogP contribution < -0.4 is 5.32 Å². The van der Waals surface area contributed by atoms with E-state index in [4.69, 9.17) is 5.11 Å². The third-order valence-corrected chi connectivity index (χ3v) is 3.57. The van der Waals surface area contributed by atoms with Crippen molar-refractivity contribution in [1.29, 1.82) is 0 Å². The number of aliphatic hydroxyl groups excluding tert-OH is 1. The summed E-state index contributed by atoms with van der Waals surface area (Å²) in [6.07, 6.45) is -0.821. The maximum Gasteiger partial charge on any atom is 0.407 e. The van der Waals surface area contributed by atoms with Crippen LogP contribution in [-0.2, 0) is 6.54 Å². The van der Waals surface area contributed by atoms with Gasteiger partial charge in [0.1, 0.15) is 0 Å².